The molecule has 32 heavy (non-hydrogen) atoms. The Morgan fingerprint density at radius 2 is 1.97 bits per heavy atom. The summed E-state index contributed by atoms with van der Waals surface area (Å²) in [5.74, 6) is 1.13. The number of hydrogen-bond acceptors (Lipinski definition) is 5. The predicted molar refractivity (Wildman–Crippen MR) is 126 cm³/mol. The SMILES string of the molecule is CCN(CC)CCn1c(NC(=O)c2ccc(OCC3CCCO3)cc2)nc2ccccc21. The Balaban J connectivity index is 1.45. The zero-order valence-corrected chi connectivity index (χ0v) is 18.9. The minimum atomic E-state index is -0.185. The number of hydrogen-bond donors (Lipinski definition) is 1. The molecule has 0 bridgehead atoms. The largest absolute Gasteiger partial charge is 0.491 e. The Labute approximate surface area is 189 Å². The highest BCUT2D eigenvalue weighted by molar-refractivity contribution is 6.04. The molecule has 0 radical (unpaired) electrons. The van der Waals surface area contributed by atoms with Crippen molar-refractivity contribution in [2.75, 3.05) is 38.2 Å². The van der Waals surface area contributed by atoms with Crippen LogP contribution in [0.15, 0.2) is 48.5 Å². The van der Waals surface area contributed by atoms with Crippen molar-refractivity contribution in [3.63, 3.8) is 0 Å². The van der Waals surface area contributed by atoms with E-state index < -0.39 is 0 Å². The van der Waals surface area contributed by atoms with Gasteiger partial charge in [0.2, 0.25) is 5.95 Å². The number of carbonyl (C=O) groups excluding carboxylic acids is 1. The van der Waals surface area contributed by atoms with Crippen molar-refractivity contribution in [1.82, 2.24) is 14.5 Å². The lowest BCUT2D eigenvalue weighted by Crippen LogP contribution is -2.27. The van der Waals surface area contributed by atoms with Crippen LogP contribution in [-0.2, 0) is 11.3 Å². The van der Waals surface area contributed by atoms with Crippen LogP contribution in [0.1, 0.15) is 37.0 Å². The zero-order valence-electron chi connectivity index (χ0n) is 18.9. The number of nitrogens with zero attached hydrogens (tertiary/aromatic N) is 3. The molecule has 1 N–H and O–H groups in total. The van der Waals surface area contributed by atoms with E-state index >= 15 is 0 Å². The summed E-state index contributed by atoms with van der Waals surface area (Å²) in [6.07, 6.45) is 2.30. The van der Waals surface area contributed by atoms with Gasteiger partial charge in [-0.3, -0.25) is 10.1 Å². The smallest absolute Gasteiger partial charge is 0.257 e. The molecule has 2 aromatic carbocycles. The maximum Gasteiger partial charge on any atom is 0.257 e. The van der Waals surface area contributed by atoms with Crippen LogP contribution in [0, 0.1) is 0 Å². The average Bonchev–Trinajstić information content (AvgIpc) is 3.46. The first-order chi connectivity index (χ1) is 15.7. The van der Waals surface area contributed by atoms with Gasteiger partial charge < -0.3 is 18.9 Å². The van der Waals surface area contributed by atoms with Crippen molar-refractivity contribution in [3.05, 3.63) is 54.1 Å². The van der Waals surface area contributed by atoms with Crippen LogP contribution in [0.2, 0.25) is 0 Å². The van der Waals surface area contributed by atoms with Crippen molar-refractivity contribution in [2.45, 2.75) is 39.3 Å². The van der Waals surface area contributed by atoms with Crippen molar-refractivity contribution in [1.29, 1.82) is 0 Å². The zero-order chi connectivity index (χ0) is 22.3. The third-order valence-electron chi connectivity index (χ3n) is 5.99. The van der Waals surface area contributed by atoms with Gasteiger partial charge in [0.15, 0.2) is 0 Å². The molecule has 1 amide bonds. The van der Waals surface area contributed by atoms with E-state index in [1.807, 2.05) is 36.4 Å². The molecule has 7 nitrogen and oxygen atoms in total. The normalized spacial score (nSPS) is 16.0. The molecule has 1 fully saturated rings. The Morgan fingerprint density at radius 3 is 2.69 bits per heavy atom. The standard InChI is InChI=1S/C25H32N4O3/c1-3-28(4-2)15-16-29-23-10-6-5-9-22(23)26-25(29)27-24(30)19-11-13-20(14-12-19)32-18-21-8-7-17-31-21/h5-6,9-14,21H,3-4,7-8,15-18H2,1-2H3,(H,26,27,30). The molecule has 0 saturated carbocycles. The molecule has 1 aromatic heterocycles. The Hall–Kier alpha value is -2.90. The number of amides is 1. The van der Waals surface area contributed by atoms with E-state index in [1.165, 1.54) is 0 Å². The number of fused-ring (bicyclic) bond motifs is 1. The van der Waals surface area contributed by atoms with Gasteiger partial charge in [0.1, 0.15) is 12.4 Å². The number of anilines is 1. The Bertz CT molecular complexity index is 1020. The lowest BCUT2D eigenvalue weighted by Gasteiger charge is -2.19. The third-order valence-corrected chi connectivity index (χ3v) is 5.99. The summed E-state index contributed by atoms with van der Waals surface area (Å²) >= 11 is 0. The molecular weight excluding hydrogens is 404 g/mol. The van der Waals surface area contributed by atoms with E-state index in [2.05, 4.69) is 33.6 Å². The third kappa shape index (κ3) is 5.29. The Kier molecular flexibility index (Phi) is 7.39. The first kappa shape index (κ1) is 22.3. The molecule has 0 spiro atoms. The van der Waals surface area contributed by atoms with Gasteiger partial charge in [-0.05, 0) is 62.3 Å². The van der Waals surface area contributed by atoms with E-state index in [4.69, 9.17) is 9.47 Å². The molecule has 1 aliphatic heterocycles. The van der Waals surface area contributed by atoms with Crippen LogP contribution in [-0.4, -0.2) is 59.3 Å². The molecule has 1 aliphatic rings. The van der Waals surface area contributed by atoms with Crippen LogP contribution < -0.4 is 10.1 Å². The fourth-order valence-corrected chi connectivity index (χ4v) is 4.02. The van der Waals surface area contributed by atoms with Crippen molar-refractivity contribution in [2.24, 2.45) is 0 Å². The highest BCUT2D eigenvalue weighted by Gasteiger charge is 2.17. The quantitative estimate of drug-likeness (QED) is 0.516. The summed E-state index contributed by atoms with van der Waals surface area (Å²) in [6.45, 7) is 9.31. The predicted octanol–water partition coefficient (Wildman–Crippen LogP) is 4.19. The summed E-state index contributed by atoms with van der Waals surface area (Å²) in [4.78, 5) is 20.0. The maximum atomic E-state index is 12.9. The molecule has 170 valence electrons. The van der Waals surface area contributed by atoms with Crippen LogP contribution in [0.5, 0.6) is 5.75 Å². The number of aromatic nitrogens is 2. The number of rotatable bonds is 10. The monoisotopic (exact) mass is 436 g/mol. The number of para-hydroxylation sites is 2. The van der Waals surface area contributed by atoms with Gasteiger partial charge in [0, 0.05) is 25.3 Å². The van der Waals surface area contributed by atoms with Gasteiger partial charge in [-0.25, -0.2) is 4.98 Å². The second-order valence-electron chi connectivity index (χ2n) is 8.03. The molecule has 2 heterocycles. The van der Waals surface area contributed by atoms with Crippen LogP contribution >= 0.6 is 0 Å². The number of imidazole rings is 1. The number of benzene rings is 2. The van der Waals surface area contributed by atoms with E-state index in [1.54, 1.807) is 12.1 Å². The van der Waals surface area contributed by atoms with Gasteiger partial charge in [-0.2, -0.15) is 0 Å². The van der Waals surface area contributed by atoms with Crippen molar-refractivity contribution < 1.29 is 14.3 Å². The minimum absolute atomic E-state index is 0.169. The first-order valence-corrected chi connectivity index (χ1v) is 11.5. The van der Waals surface area contributed by atoms with Crippen molar-refractivity contribution >= 4 is 22.9 Å². The summed E-state index contributed by atoms with van der Waals surface area (Å²) in [5.41, 5.74) is 2.46. The van der Waals surface area contributed by atoms with Gasteiger partial charge in [0.25, 0.3) is 5.91 Å². The second kappa shape index (κ2) is 10.6. The first-order valence-electron chi connectivity index (χ1n) is 11.5. The topological polar surface area (TPSA) is 68.6 Å². The van der Waals surface area contributed by atoms with Gasteiger partial charge >= 0.3 is 0 Å². The fraction of sp³-hybridized carbons (Fsp3) is 0.440. The summed E-state index contributed by atoms with van der Waals surface area (Å²) in [5, 5.41) is 3.01. The molecule has 3 aromatic rings. The second-order valence-corrected chi connectivity index (χ2v) is 8.03. The van der Waals surface area contributed by atoms with E-state index in [0.717, 1.165) is 62.4 Å². The molecule has 1 atom stereocenters. The van der Waals surface area contributed by atoms with Gasteiger partial charge in [-0.15, -0.1) is 0 Å². The molecule has 1 saturated heterocycles. The molecule has 7 heteroatoms. The highest BCUT2D eigenvalue weighted by Crippen LogP contribution is 2.21. The van der Waals surface area contributed by atoms with Crippen LogP contribution in [0.25, 0.3) is 11.0 Å². The minimum Gasteiger partial charge on any atom is -0.491 e. The number of carbonyl (C=O) groups is 1. The summed E-state index contributed by atoms with van der Waals surface area (Å²) in [6, 6.07) is 15.2. The molecule has 4 rings (SSSR count). The summed E-state index contributed by atoms with van der Waals surface area (Å²) < 4.78 is 13.5. The lowest BCUT2D eigenvalue weighted by molar-refractivity contribution is 0.0679. The highest BCUT2D eigenvalue weighted by atomic mass is 16.5. The lowest BCUT2D eigenvalue weighted by atomic mass is 10.2. The Morgan fingerprint density at radius 1 is 1.19 bits per heavy atom. The van der Waals surface area contributed by atoms with E-state index in [9.17, 15) is 4.79 Å². The van der Waals surface area contributed by atoms with Crippen LogP contribution in [0.3, 0.4) is 0 Å². The van der Waals surface area contributed by atoms with Gasteiger partial charge in [-0.1, -0.05) is 26.0 Å². The van der Waals surface area contributed by atoms with E-state index in [-0.39, 0.29) is 12.0 Å². The number of nitrogens with one attached hydrogen (secondary N) is 1. The maximum absolute atomic E-state index is 12.9. The number of likely N-dealkylation sites (N-methyl/N-ethyl adjacent to an activating group) is 1. The van der Waals surface area contributed by atoms with Crippen molar-refractivity contribution in [3.8, 4) is 5.75 Å². The average molecular weight is 437 g/mol. The molecule has 1 unspecified atom stereocenters. The molecule has 0 aliphatic carbocycles. The van der Waals surface area contributed by atoms with Crippen LogP contribution in [0.4, 0.5) is 5.95 Å². The fourth-order valence-electron chi connectivity index (χ4n) is 4.02. The summed E-state index contributed by atoms with van der Waals surface area (Å²) in [7, 11) is 0. The molecular formula is C25H32N4O3. The number of ether oxygens (including phenoxy) is 2. The van der Waals surface area contributed by atoms with Gasteiger partial charge in [0.05, 0.1) is 17.1 Å². The van der Waals surface area contributed by atoms with E-state index in [0.29, 0.717) is 18.1 Å².